The smallest absolute Gasteiger partial charge is 0.274 e. The summed E-state index contributed by atoms with van der Waals surface area (Å²) >= 11 is 5.50. The summed E-state index contributed by atoms with van der Waals surface area (Å²) in [6.07, 6.45) is 1.71. The van der Waals surface area contributed by atoms with Crippen LogP contribution in [0.5, 0.6) is 0 Å². The van der Waals surface area contributed by atoms with Crippen molar-refractivity contribution in [3.63, 3.8) is 0 Å². The third-order valence-electron chi connectivity index (χ3n) is 2.19. The minimum Gasteiger partial charge on any atom is -0.274 e. The molecule has 0 spiro atoms. The minimum absolute atomic E-state index is 0.127. The molecule has 1 rings (SSSR count). The highest BCUT2D eigenvalue weighted by molar-refractivity contribution is 6.18. The highest BCUT2D eigenvalue weighted by atomic mass is 35.5. The number of carbonyl (C=O) groups excluding carboxylic acids is 3. The summed E-state index contributed by atoms with van der Waals surface area (Å²) in [5.41, 5.74) is 0. The van der Waals surface area contributed by atoms with E-state index in [2.05, 4.69) is 6.58 Å². The van der Waals surface area contributed by atoms with E-state index in [0.717, 1.165) is 9.80 Å². The van der Waals surface area contributed by atoms with Crippen molar-refractivity contribution in [3.05, 3.63) is 12.7 Å². The Balaban J connectivity index is 2.76. The molecule has 16 heavy (non-hydrogen) atoms. The molecule has 1 saturated heterocycles. The number of amides is 4. The van der Waals surface area contributed by atoms with Crippen LogP contribution in [-0.4, -0.2) is 46.6 Å². The van der Waals surface area contributed by atoms with Crippen LogP contribution in [0.15, 0.2) is 12.7 Å². The molecule has 0 saturated carbocycles. The third kappa shape index (κ3) is 2.61. The molecule has 5 nitrogen and oxygen atoms in total. The monoisotopic (exact) mass is 244 g/mol. The number of rotatable bonds is 5. The molecular formula is C10H13ClN2O3. The van der Waals surface area contributed by atoms with Gasteiger partial charge in [0.2, 0.25) is 11.8 Å². The molecule has 0 radical (unpaired) electrons. The second-order valence-electron chi connectivity index (χ2n) is 3.34. The van der Waals surface area contributed by atoms with Crippen LogP contribution >= 0.6 is 11.6 Å². The van der Waals surface area contributed by atoms with Crippen molar-refractivity contribution >= 4 is 29.4 Å². The number of hydrogen-bond donors (Lipinski definition) is 0. The first-order valence-electron chi connectivity index (χ1n) is 4.93. The van der Waals surface area contributed by atoms with E-state index in [1.807, 2.05) is 0 Å². The van der Waals surface area contributed by atoms with E-state index in [1.54, 1.807) is 0 Å². The van der Waals surface area contributed by atoms with Gasteiger partial charge in [0.05, 0.1) is 0 Å². The summed E-state index contributed by atoms with van der Waals surface area (Å²) < 4.78 is 0. The Morgan fingerprint density at radius 3 is 2.44 bits per heavy atom. The molecule has 1 aliphatic heterocycles. The molecule has 0 N–H and O–H groups in total. The summed E-state index contributed by atoms with van der Waals surface area (Å²) in [6, 6.07) is -0.578. The van der Waals surface area contributed by atoms with Crippen molar-refractivity contribution < 1.29 is 14.4 Å². The third-order valence-corrected chi connectivity index (χ3v) is 2.46. The molecule has 1 aliphatic rings. The van der Waals surface area contributed by atoms with Crippen LogP contribution in [0, 0.1) is 0 Å². The molecule has 0 aromatic carbocycles. The fourth-order valence-electron chi connectivity index (χ4n) is 1.43. The molecule has 6 heteroatoms. The standard InChI is InChI=1S/C10H13ClN2O3/c1-2-5-12-8(14)7-9(15)13(10(12)16)6-3-4-11/h2H,1,3-7H2. The first-order chi connectivity index (χ1) is 7.61. The molecule has 1 heterocycles. The predicted molar refractivity (Wildman–Crippen MR) is 59.0 cm³/mol. The van der Waals surface area contributed by atoms with E-state index in [-0.39, 0.29) is 19.5 Å². The second kappa shape index (κ2) is 5.65. The average Bonchev–Trinajstić information content (AvgIpc) is 2.24. The largest absolute Gasteiger partial charge is 0.333 e. The molecule has 0 atom stereocenters. The normalized spacial score (nSPS) is 16.9. The number of urea groups is 1. The van der Waals surface area contributed by atoms with Gasteiger partial charge >= 0.3 is 6.03 Å². The molecular weight excluding hydrogens is 232 g/mol. The topological polar surface area (TPSA) is 57.7 Å². The van der Waals surface area contributed by atoms with Gasteiger partial charge in [0.25, 0.3) is 0 Å². The van der Waals surface area contributed by atoms with E-state index in [4.69, 9.17) is 11.6 Å². The molecule has 0 aromatic rings. The molecule has 0 unspecified atom stereocenters. The lowest BCUT2D eigenvalue weighted by Crippen LogP contribution is -2.55. The van der Waals surface area contributed by atoms with Gasteiger partial charge in [-0.25, -0.2) is 4.79 Å². The fraction of sp³-hybridized carbons (Fsp3) is 0.500. The van der Waals surface area contributed by atoms with Crippen LogP contribution in [0.1, 0.15) is 12.8 Å². The van der Waals surface area contributed by atoms with Gasteiger partial charge in [0, 0.05) is 19.0 Å². The lowest BCUT2D eigenvalue weighted by Gasteiger charge is -2.31. The summed E-state index contributed by atoms with van der Waals surface area (Å²) in [5, 5.41) is 0. The van der Waals surface area contributed by atoms with Crippen LogP contribution in [0.4, 0.5) is 4.79 Å². The maximum Gasteiger partial charge on any atom is 0.333 e. The van der Waals surface area contributed by atoms with Crippen molar-refractivity contribution in [2.75, 3.05) is 19.0 Å². The van der Waals surface area contributed by atoms with Crippen molar-refractivity contribution in [1.82, 2.24) is 9.80 Å². The number of alkyl halides is 1. The van der Waals surface area contributed by atoms with Gasteiger partial charge in [-0.15, -0.1) is 18.2 Å². The number of barbiturate groups is 1. The zero-order chi connectivity index (χ0) is 12.1. The zero-order valence-corrected chi connectivity index (χ0v) is 9.57. The van der Waals surface area contributed by atoms with Crippen LogP contribution in [-0.2, 0) is 9.59 Å². The van der Waals surface area contributed by atoms with E-state index in [0.29, 0.717) is 12.3 Å². The SMILES string of the molecule is C=CCN1C(=O)CC(=O)N(CCCCl)C1=O. The molecule has 88 valence electrons. The van der Waals surface area contributed by atoms with Gasteiger partial charge in [-0.1, -0.05) is 6.08 Å². The van der Waals surface area contributed by atoms with E-state index in [1.165, 1.54) is 6.08 Å². The van der Waals surface area contributed by atoms with Crippen LogP contribution in [0.25, 0.3) is 0 Å². The highest BCUT2D eigenvalue weighted by Gasteiger charge is 2.36. The number of carbonyl (C=O) groups is 3. The van der Waals surface area contributed by atoms with Crippen LogP contribution < -0.4 is 0 Å². The number of hydrogen-bond acceptors (Lipinski definition) is 3. The average molecular weight is 245 g/mol. The van der Waals surface area contributed by atoms with Crippen molar-refractivity contribution in [3.8, 4) is 0 Å². The lowest BCUT2D eigenvalue weighted by molar-refractivity contribution is -0.142. The zero-order valence-electron chi connectivity index (χ0n) is 8.82. The summed E-state index contributed by atoms with van der Waals surface area (Å²) in [5.74, 6) is -0.565. The van der Waals surface area contributed by atoms with E-state index >= 15 is 0 Å². The van der Waals surface area contributed by atoms with Gasteiger partial charge in [-0.2, -0.15) is 0 Å². The maximum atomic E-state index is 11.8. The van der Waals surface area contributed by atoms with Gasteiger partial charge < -0.3 is 0 Å². The van der Waals surface area contributed by atoms with Gasteiger partial charge in [-0.3, -0.25) is 19.4 Å². The Kier molecular flexibility index (Phi) is 4.49. The van der Waals surface area contributed by atoms with E-state index < -0.39 is 17.8 Å². The summed E-state index contributed by atoms with van der Waals surface area (Å²) in [7, 11) is 0. The van der Waals surface area contributed by atoms with Crippen molar-refractivity contribution in [2.24, 2.45) is 0 Å². The molecule has 0 aromatic heterocycles. The van der Waals surface area contributed by atoms with Crippen molar-refractivity contribution in [2.45, 2.75) is 12.8 Å². The maximum absolute atomic E-state index is 11.8. The molecule has 0 bridgehead atoms. The van der Waals surface area contributed by atoms with Gasteiger partial charge in [-0.05, 0) is 6.42 Å². The quantitative estimate of drug-likeness (QED) is 0.412. The van der Waals surface area contributed by atoms with Gasteiger partial charge in [0.15, 0.2) is 0 Å². The Labute approximate surface area is 98.6 Å². The molecule has 1 fully saturated rings. The molecule has 4 amide bonds. The van der Waals surface area contributed by atoms with Crippen molar-refractivity contribution in [1.29, 1.82) is 0 Å². The number of nitrogens with zero attached hydrogens (tertiary/aromatic N) is 2. The van der Waals surface area contributed by atoms with Crippen LogP contribution in [0.2, 0.25) is 0 Å². The minimum atomic E-state index is -0.578. The Hall–Kier alpha value is -1.36. The fourth-order valence-corrected chi connectivity index (χ4v) is 1.55. The van der Waals surface area contributed by atoms with E-state index in [9.17, 15) is 14.4 Å². The lowest BCUT2D eigenvalue weighted by atomic mass is 10.2. The Morgan fingerprint density at radius 2 is 1.88 bits per heavy atom. The van der Waals surface area contributed by atoms with Crippen LogP contribution in [0.3, 0.4) is 0 Å². The Morgan fingerprint density at radius 1 is 1.25 bits per heavy atom. The number of halogens is 1. The highest BCUT2D eigenvalue weighted by Crippen LogP contribution is 2.12. The first kappa shape index (κ1) is 12.7. The predicted octanol–water partition coefficient (Wildman–Crippen LogP) is 0.982. The number of imide groups is 2. The first-order valence-corrected chi connectivity index (χ1v) is 5.46. The Bertz CT molecular complexity index is 330. The van der Waals surface area contributed by atoms with Gasteiger partial charge in [0.1, 0.15) is 6.42 Å². The second-order valence-corrected chi connectivity index (χ2v) is 3.72. The summed E-state index contributed by atoms with van der Waals surface area (Å²) in [4.78, 5) is 36.7. The summed E-state index contributed by atoms with van der Waals surface area (Å²) in [6.45, 7) is 3.84. The molecule has 0 aliphatic carbocycles.